The van der Waals surface area contributed by atoms with Gasteiger partial charge in [-0.2, -0.15) is 0 Å². The van der Waals surface area contributed by atoms with Gasteiger partial charge in [-0.05, 0) is 24.5 Å². The largest absolute Gasteiger partial charge is 0.461 e. The number of carbonyl (C=O) groups is 4. The van der Waals surface area contributed by atoms with Gasteiger partial charge in [0.2, 0.25) is 5.91 Å². The highest BCUT2D eigenvalue weighted by Crippen LogP contribution is 2.08. The topological polar surface area (TPSA) is 123 Å². The van der Waals surface area contributed by atoms with Gasteiger partial charge >= 0.3 is 18.0 Å². The second-order valence-electron chi connectivity index (χ2n) is 7.65. The number of hydrogen-bond donors (Lipinski definition) is 3. The highest BCUT2D eigenvalue weighted by atomic mass is 19.1. The number of ether oxygens (including phenoxy) is 2. The quantitative estimate of drug-likeness (QED) is 0.373. The van der Waals surface area contributed by atoms with Crippen LogP contribution in [-0.4, -0.2) is 49.2 Å². The summed E-state index contributed by atoms with van der Waals surface area (Å²) in [7, 11) is 0. The Balaban J connectivity index is 1.92. The molecule has 0 bridgehead atoms. The van der Waals surface area contributed by atoms with Crippen LogP contribution < -0.4 is 16.0 Å². The second-order valence-corrected chi connectivity index (χ2v) is 7.65. The maximum Gasteiger partial charge on any atom is 0.329 e. The standard InChI is InChI=1S/C25H30FN3O6/c1-18(23(31)27-15-14-26)28-25(33)29-21(24(32)35-17-20-10-6-3-7-11-20)12-13-22(30)34-16-19-8-4-2-5-9-19/h2-11,18,21H,12-17H2,1H3,(H,27,31)(H2,28,29,33). The van der Waals surface area contributed by atoms with Gasteiger partial charge in [0.25, 0.3) is 0 Å². The summed E-state index contributed by atoms with van der Waals surface area (Å²) in [5.41, 5.74) is 1.57. The molecule has 10 heteroatoms. The van der Waals surface area contributed by atoms with Crippen LogP contribution in [0.25, 0.3) is 0 Å². The number of rotatable bonds is 13. The number of hydrogen-bond acceptors (Lipinski definition) is 6. The summed E-state index contributed by atoms with van der Waals surface area (Å²) in [5.74, 6) is -1.87. The van der Waals surface area contributed by atoms with Gasteiger partial charge < -0.3 is 25.4 Å². The van der Waals surface area contributed by atoms with Gasteiger partial charge in [0, 0.05) is 13.0 Å². The van der Waals surface area contributed by atoms with E-state index in [0.29, 0.717) is 0 Å². The Morgan fingerprint density at radius 3 is 2.00 bits per heavy atom. The molecule has 9 nitrogen and oxygen atoms in total. The lowest BCUT2D eigenvalue weighted by atomic mass is 10.1. The van der Waals surface area contributed by atoms with Crippen molar-refractivity contribution in [2.24, 2.45) is 0 Å². The Hall–Kier alpha value is -3.95. The lowest BCUT2D eigenvalue weighted by Crippen LogP contribution is -2.52. The average Bonchev–Trinajstić information content (AvgIpc) is 2.88. The Morgan fingerprint density at radius 2 is 1.43 bits per heavy atom. The zero-order valence-electron chi connectivity index (χ0n) is 19.5. The minimum absolute atomic E-state index is 0.0139. The first kappa shape index (κ1) is 27.3. The molecule has 0 heterocycles. The minimum Gasteiger partial charge on any atom is -0.461 e. The molecule has 0 aliphatic rings. The molecule has 35 heavy (non-hydrogen) atoms. The third-order valence-corrected chi connectivity index (χ3v) is 4.83. The molecule has 3 N–H and O–H groups in total. The van der Waals surface area contributed by atoms with Crippen molar-refractivity contribution in [3.05, 3.63) is 71.8 Å². The Bertz CT molecular complexity index is 958. The Labute approximate surface area is 203 Å². The smallest absolute Gasteiger partial charge is 0.329 e. The minimum atomic E-state index is -1.16. The Morgan fingerprint density at radius 1 is 0.857 bits per heavy atom. The SMILES string of the molecule is CC(NC(=O)NC(CCC(=O)OCc1ccccc1)C(=O)OCc1ccccc1)C(=O)NCCF. The fourth-order valence-corrected chi connectivity index (χ4v) is 2.94. The number of nitrogens with one attached hydrogen (secondary N) is 3. The van der Waals surface area contributed by atoms with Crippen molar-refractivity contribution in [1.29, 1.82) is 0 Å². The van der Waals surface area contributed by atoms with E-state index >= 15 is 0 Å². The van der Waals surface area contributed by atoms with Gasteiger partial charge in [0.15, 0.2) is 0 Å². The molecule has 0 saturated heterocycles. The molecule has 0 radical (unpaired) electrons. The summed E-state index contributed by atoms with van der Waals surface area (Å²) in [5, 5.41) is 7.12. The van der Waals surface area contributed by atoms with Crippen LogP contribution in [-0.2, 0) is 37.1 Å². The highest BCUT2D eigenvalue weighted by Gasteiger charge is 2.25. The number of alkyl halides is 1. The van der Waals surface area contributed by atoms with E-state index in [0.717, 1.165) is 11.1 Å². The van der Waals surface area contributed by atoms with Crippen LogP contribution in [0, 0.1) is 0 Å². The highest BCUT2D eigenvalue weighted by molar-refractivity contribution is 5.89. The van der Waals surface area contributed by atoms with E-state index in [1.807, 2.05) is 36.4 Å². The third-order valence-electron chi connectivity index (χ3n) is 4.83. The normalized spacial score (nSPS) is 12.1. The van der Waals surface area contributed by atoms with Crippen molar-refractivity contribution < 1.29 is 33.0 Å². The van der Waals surface area contributed by atoms with Crippen LogP contribution >= 0.6 is 0 Å². The van der Waals surface area contributed by atoms with Crippen molar-refractivity contribution in [2.45, 2.75) is 45.1 Å². The van der Waals surface area contributed by atoms with Crippen molar-refractivity contribution in [3.8, 4) is 0 Å². The lowest BCUT2D eigenvalue weighted by Gasteiger charge is -2.20. The van der Waals surface area contributed by atoms with Crippen LogP contribution in [0.3, 0.4) is 0 Å². The van der Waals surface area contributed by atoms with Gasteiger partial charge in [0.1, 0.15) is 32.0 Å². The third kappa shape index (κ3) is 10.7. The maximum absolute atomic E-state index is 12.7. The summed E-state index contributed by atoms with van der Waals surface area (Å²) >= 11 is 0. The monoisotopic (exact) mass is 487 g/mol. The molecule has 2 rings (SSSR count). The number of benzene rings is 2. The molecular formula is C25H30FN3O6. The van der Waals surface area contributed by atoms with Crippen LogP contribution in [0.5, 0.6) is 0 Å². The van der Waals surface area contributed by atoms with E-state index in [4.69, 9.17) is 9.47 Å². The zero-order chi connectivity index (χ0) is 25.5. The van der Waals surface area contributed by atoms with Gasteiger partial charge in [-0.15, -0.1) is 0 Å². The molecule has 2 unspecified atom stereocenters. The van der Waals surface area contributed by atoms with E-state index < -0.39 is 42.6 Å². The van der Waals surface area contributed by atoms with Gasteiger partial charge in [-0.1, -0.05) is 60.7 Å². The summed E-state index contributed by atoms with van der Waals surface area (Å²) < 4.78 is 22.8. The predicted molar refractivity (Wildman–Crippen MR) is 126 cm³/mol. The second kappa shape index (κ2) is 15.0. The van der Waals surface area contributed by atoms with Gasteiger partial charge in [-0.3, -0.25) is 9.59 Å². The molecule has 0 fully saturated rings. The number of esters is 2. The molecule has 0 aliphatic heterocycles. The van der Waals surface area contributed by atoms with Crippen molar-refractivity contribution >= 4 is 23.9 Å². The Kier molecular flexibility index (Phi) is 11.7. The van der Waals surface area contributed by atoms with Gasteiger partial charge in [0.05, 0.1) is 0 Å². The van der Waals surface area contributed by atoms with E-state index in [-0.39, 0.29) is 32.6 Å². The van der Waals surface area contributed by atoms with Crippen LogP contribution in [0.4, 0.5) is 9.18 Å². The van der Waals surface area contributed by atoms with E-state index in [1.54, 1.807) is 24.3 Å². The summed E-state index contributed by atoms with van der Waals surface area (Å²) in [4.78, 5) is 49.1. The van der Waals surface area contributed by atoms with Crippen molar-refractivity contribution in [2.75, 3.05) is 13.2 Å². The van der Waals surface area contributed by atoms with Crippen LogP contribution in [0.1, 0.15) is 30.9 Å². The first-order valence-corrected chi connectivity index (χ1v) is 11.2. The molecule has 2 aromatic carbocycles. The molecule has 2 aromatic rings. The first-order chi connectivity index (χ1) is 16.9. The maximum atomic E-state index is 12.7. The summed E-state index contributed by atoms with van der Waals surface area (Å²) in [6.07, 6.45) is -0.220. The first-order valence-electron chi connectivity index (χ1n) is 11.2. The predicted octanol–water partition coefficient (Wildman–Crippen LogP) is 2.40. The summed E-state index contributed by atoms with van der Waals surface area (Å²) in [6.45, 7) is 0.575. The van der Waals surface area contributed by atoms with Crippen LogP contribution in [0.15, 0.2) is 60.7 Å². The van der Waals surface area contributed by atoms with E-state index in [9.17, 15) is 23.6 Å². The van der Waals surface area contributed by atoms with E-state index in [1.165, 1.54) is 6.92 Å². The van der Waals surface area contributed by atoms with E-state index in [2.05, 4.69) is 16.0 Å². The molecule has 188 valence electrons. The lowest BCUT2D eigenvalue weighted by molar-refractivity contribution is -0.148. The molecule has 3 amide bonds. The number of urea groups is 1. The van der Waals surface area contributed by atoms with Crippen molar-refractivity contribution in [1.82, 2.24) is 16.0 Å². The number of amides is 3. The molecule has 0 aliphatic carbocycles. The number of halogens is 1. The molecular weight excluding hydrogens is 457 g/mol. The fraction of sp³-hybridized carbons (Fsp3) is 0.360. The summed E-state index contributed by atoms with van der Waals surface area (Å²) in [6, 6.07) is 15.1. The average molecular weight is 488 g/mol. The molecule has 2 atom stereocenters. The molecule has 0 saturated carbocycles. The number of carbonyl (C=O) groups excluding carboxylic acids is 4. The fourth-order valence-electron chi connectivity index (χ4n) is 2.94. The zero-order valence-corrected chi connectivity index (χ0v) is 19.5. The molecule has 0 spiro atoms. The molecule has 0 aromatic heterocycles. The van der Waals surface area contributed by atoms with Crippen molar-refractivity contribution in [3.63, 3.8) is 0 Å². The van der Waals surface area contributed by atoms with Crippen LogP contribution in [0.2, 0.25) is 0 Å². The van der Waals surface area contributed by atoms with Gasteiger partial charge in [-0.25, -0.2) is 14.0 Å².